The summed E-state index contributed by atoms with van der Waals surface area (Å²) in [6.45, 7) is 2.01. The normalized spacial score (nSPS) is 11.2. The van der Waals surface area contributed by atoms with Crippen LogP contribution in [0.15, 0.2) is 77.6 Å². The van der Waals surface area contributed by atoms with Crippen molar-refractivity contribution in [2.24, 2.45) is 0 Å². The molecule has 0 bridgehead atoms. The zero-order valence-electron chi connectivity index (χ0n) is 15.8. The number of benzene rings is 3. The number of ether oxygens (including phenoxy) is 1. The Kier molecular flexibility index (Phi) is 4.77. The van der Waals surface area contributed by atoms with Gasteiger partial charge in [0.2, 0.25) is 0 Å². The van der Waals surface area contributed by atoms with Crippen molar-refractivity contribution in [2.75, 3.05) is 7.11 Å². The van der Waals surface area contributed by atoms with Gasteiger partial charge in [-0.05, 0) is 60.5 Å². The third kappa shape index (κ3) is 3.45. The molecule has 4 rings (SSSR count). The molecular weight excluding hydrogens is 348 g/mol. The van der Waals surface area contributed by atoms with Gasteiger partial charge in [-0.3, -0.25) is 9.36 Å². The third-order valence-electron chi connectivity index (χ3n) is 4.60. The highest BCUT2D eigenvalue weighted by atomic mass is 16.5. The van der Waals surface area contributed by atoms with Gasteiger partial charge in [0, 0.05) is 0 Å². The van der Waals surface area contributed by atoms with Gasteiger partial charge in [0.05, 0.1) is 23.7 Å². The molecule has 0 radical (unpaired) electrons. The molecule has 0 aliphatic heterocycles. The van der Waals surface area contributed by atoms with Crippen molar-refractivity contribution in [1.29, 1.82) is 0 Å². The van der Waals surface area contributed by atoms with Crippen LogP contribution < -0.4 is 10.3 Å². The highest BCUT2D eigenvalue weighted by molar-refractivity contribution is 5.80. The van der Waals surface area contributed by atoms with Gasteiger partial charge < -0.3 is 4.74 Å². The molecule has 0 saturated carbocycles. The van der Waals surface area contributed by atoms with E-state index >= 15 is 0 Å². The van der Waals surface area contributed by atoms with E-state index in [0.717, 1.165) is 22.6 Å². The molecule has 138 valence electrons. The molecule has 1 heterocycles. The van der Waals surface area contributed by atoms with Crippen molar-refractivity contribution in [3.8, 4) is 11.4 Å². The fourth-order valence-corrected chi connectivity index (χ4v) is 3.16. The van der Waals surface area contributed by atoms with Gasteiger partial charge in [0.1, 0.15) is 11.6 Å². The maximum atomic E-state index is 13.2. The van der Waals surface area contributed by atoms with Gasteiger partial charge in [-0.15, -0.1) is 0 Å². The lowest BCUT2D eigenvalue weighted by Crippen LogP contribution is -2.22. The van der Waals surface area contributed by atoms with Crippen LogP contribution in [-0.4, -0.2) is 16.7 Å². The zero-order valence-corrected chi connectivity index (χ0v) is 15.8. The second-order valence-corrected chi connectivity index (χ2v) is 6.57. The summed E-state index contributed by atoms with van der Waals surface area (Å²) in [5, 5.41) is 0.602. The summed E-state index contributed by atoms with van der Waals surface area (Å²) in [4.78, 5) is 18.0. The minimum Gasteiger partial charge on any atom is -0.497 e. The van der Waals surface area contributed by atoms with E-state index in [1.165, 1.54) is 0 Å². The smallest absolute Gasteiger partial charge is 0.266 e. The number of methoxy groups -OCH3 is 1. The molecule has 0 aliphatic carbocycles. The Morgan fingerprint density at radius 2 is 1.71 bits per heavy atom. The van der Waals surface area contributed by atoms with Crippen molar-refractivity contribution in [2.45, 2.75) is 6.92 Å². The number of aryl methyl sites for hydroxylation is 1. The van der Waals surface area contributed by atoms with Crippen molar-refractivity contribution >= 4 is 23.1 Å². The van der Waals surface area contributed by atoms with Crippen LogP contribution in [0.1, 0.15) is 17.0 Å². The molecule has 0 unspecified atom stereocenters. The topological polar surface area (TPSA) is 44.1 Å². The summed E-state index contributed by atoms with van der Waals surface area (Å²) < 4.78 is 6.86. The van der Waals surface area contributed by atoms with E-state index in [0.29, 0.717) is 16.7 Å². The van der Waals surface area contributed by atoms with Gasteiger partial charge in [0.15, 0.2) is 0 Å². The number of para-hydroxylation sites is 1. The Labute approximate surface area is 163 Å². The molecule has 0 amide bonds. The molecule has 0 N–H and O–H groups in total. The van der Waals surface area contributed by atoms with Crippen molar-refractivity contribution in [1.82, 2.24) is 9.55 Å². The average Bonchev–Trinajstić information content (AvgIpc) is 2.73. The monoisotopic (exact) mass is 368 g/mol. The molecule has 28 heavy (non-hydrogen) atoms. The lowest BCUT2D eigenvalue weighted by atomic mass is 10.1. The lowest BCUT2D eigenvalue weighted by molar-refractivity contribution is 0.415. The number of aromatic nitrogens is 2. The van der Waals surface area contributed by atoms with Gasteiger partial charge in [-0.25, -0.2) is 4.98 Å². The zero-order chi connectivity index (χ0) is 19.5. The minimum atomic E-state index is -0.0782. The Morgan fingerprint density at radius 1 is 0.929 bits per heavy atom. The maximum absolute atomic E-state index is 13.2. The summed E-state index contributed by atoms with van der Waals surface area (Å²) in [5.41, 5.74) is 3.50. The van der Waals surface area contributed by atoms with Gasteiger partial charge in [0.25, 0.3) is 5.56 Å². The average molecular weight is 368 g/mol. The molecule has 4 heteroatoms. The number of hydrogen-bond donors (Lipinski definition) is 0. The largest absolute Gasteiger partial charge is 0.497 e. The van der Waals surface area contributed by atoms with Crippen LogP contribution in [0.2, 0.25) is 0 Å². The van der Waals surface area contributed by atoms with Crippen LogP contribution in [0.3, 0.4) is 0 Å². The van der Waals surface area contributed by atoms with Crippen LogP contribution in [0.25, 0.3) is 28.7 Å². The standard InChI is InChI=1S/C24H20N2O2/c1-17-6-5-7-19(16-17)26-23(15-12-18-10-13-20(28-2)14-11-18)25-22-9-4-3-8-21(22)24(26)27/h3-16H,1-2H3/b15-12+. The Bertz CT molecular complexity index is 1220. The minimum absolute atomic E-state index is 0.0782. The number of nitrogens with zero attached hydrogens (tertiary/aromatic N) is 2. The lowest BCUT2D eigenvalue weighted by Gasteiger charge is -2.12. The fourth-order valence-electron chi connectivity index (χ4n) is 3.16. The predicted octanol–water partition coefficient (Wildman–Crippen LogP) is 4.87. The van der Waals surface area contributed by atoms with Gasteiger partial charge in [-0.2, -0.15) is 0 Å². The molecular formula is C24H20N2O2. The highest BCUT2D eigenvalue weighted by Gasteiger charge is 2.11. The maximum Gasteiger partial charge on any atom is 0.266 e. The summed E-state index contributed by atoms with van der Waals surface area (Å²) >= 11 is 0. The number of fused-ring (bicyclic) bond motifs is 1. The third-order valence-corrected chi connectivity index (χ3v) is 4.60. The quantitative estimate of drug-likeness (QED) is 0.516. The van der Waals surface area contributed by atoms with Crippen molar-refractivity contribution < 1.29 is 4.74 Å². The van der Waals surface area contributed by atoms with Crippen LogP contribution in [0, 0.1) is 6.92 Å². The summed E-state index contributed by atoms with van der Waals surface area (Å²) in [7, 11) is 1.64. The first-order valence-electron chi connectivity index (χ1n) is 9.07. The van der Waals surface area contributed by atoms with E-state index in [9.17, 15) is 4.79 Å². The van der Waals surface area contributed by atoms with Gasteiger partial charge >= 0.3 is 0 Å². The van der Waals surface area contributed by atoms with E-state index in [1.807, 2.05) is 91.9 Å². The molecule has 4 nitrogen and oxygen atoms in total. The SMILES string of the molecule is COc1ccc(/C=C/c2nc3ccccc3c(=O)n2-c2cccc(C)c2)cc1. The summed E-state index contributed by atoms with van der Waals surface area (Å²) in [6.07, 6.45) is 3.82. The molecule has 0 spiro atoms. The van der Waals surface area contributed by atoms with Crippen LogP contribution >= 0.6 is 0 Å². The Balaban J connectivity index is 1.89. The molecule has 4 aromatic rings. The Hall–Kier alpha value is -3.66. The molecule has 3 aromatic carbocycles. The summed E-state index contributed by atoms with van der Waals surface area (Å²) in [5.74, 6) is 1.39. The first-order chi connectivity index (χ1) is 13.7. The van der Waals surface area contributed by atoms with E-state index in [4.69, 9.17) is 9.72 Å². The molecule has 0 aliphatic rings. The molecule has 0 atom stereocenters. The second kappa shape index (κ2) is 7.53. The molecule has 0 fully saturated rings. The first kappa shape index (κ1) is 17.7. The second-order valence-electron chi connectivity index (χ2n) is 6.57. The first-order valence-corrected chi connectivity index (χ1v) is 9.07. The van der Waals surface area contributed by atoms with E-state index in [-0.39, 0.29) is 5.56 Å². The predicted molar refractivity (Wildman–Crippen MR) is 114 cm³/mol. The van der Waals surface area contributed by atoms with E-state index < -0.39 is 0 Å². The van der Waals surface area contributed by atoms with Crippen molar-refractivity contribution in [3.05, 3.63) is 100 Å². The number of hydrogen-bond acceptors (Lipinski definition) is 3. The van der Waals surface area contributed by atoms with Crippen LogP contribution in [-0.2, 0) is 0 Å². The Morgan fingerprint density at radius 3 is 2.46 bits per heavy atom. The van der Waals surface area contributed by atoms with Crippen LogP contribution in [0.4, 0.5) is 0 Å². The fraction of sp³-hybridized carbons (Fsp3) is 0.0833. The van der Waals surface area contributed by atoms with E-state index in [2.05, 4.69) is 0 Å². The molecule has 1 aromatic heterocycles. The van der Waals surface area contributed by atoms with Gasteiger partial charge in [-0.1, -0.05) is 42.5 Å². The van der Waals surface area contributed by atoms with Crippen LogP contribution in [0.5, 0.6) is 5.75 Å². The number of rotatable bonds is 4. The highest BCUT2D eigenvalue weighted by Crippen LogP contribution is 2.17. The van der Waals surface area contributed by atoms with E-state index in [1.54, 1.807) is 11.7 Å². The summed E-state index contributed by atoms with van der Waals surface area (Å²) in [6, 6.07) is 23.0. The molecule has 0 saturated heterocycles. The van der Waals surface area contributed by atoms with Crippen molar-refractivity contribution in [3.63, 3.8) is 0 Å².